The maximum Gasteiger partial charge on any atom is 0.291 e. The topological polar surface area (TPSA) is 54.7 Å². The van der Waals surface area contributed by atoms with Crippen molar-refractivity contribution in [3.63, 3.8) is 0 Å². The third kappa shape index (κ3) is 3.83. The van der Waals surface area contributed by atoms with Gasteiger partial charge in [-0.25, -0.2) is 0 Å². The van der Waals surface area contributed by atoms with E-state index in [-0.39, 0.29) is 11.9 Å². The van der Waals surface area contributed by atoms with E-state index in [1.807, 2.05) is 0 Å². The normalized spacial score (nSPS) is 18.0. The van der Waals surface area contributed by atoms with Gasteiger partial charge in [-0.2, -0.15) is 0 Å². The first-order chi connectivity index (χ1) is 14.8. The highest BCUT2D eigenvalue weighted by Crippen LogP contribution is 2.45. The van der Waals surface area contributed by atoms with Crippen molar-refractivity contribution in [3.8, 4) is 0 Å². The van der Waals surface area contributed by atoms with Crippen LogP contribution in [0.1, 0.15) is 51.0 Å². The van der Waals surface area contributed by atoms with Crippen LogP contribution in [0.15, 0.2) is 53.1 Å². The molecule has 2 aromatic heterocycles. The highest BCUT2D eigenvalue weighted by atomic mass is 32.1. The number of anilines is 1. The number of aryl methyl sites for hydroxylation is 1. The van der Waals surface area contributed by atoms with Gasteiger partial charge in [-0.1, -0.05) is 30.3 Å². The Morgan fingerprint density at radius 3 is 2.60 bits per heavy atom. The van der Waals surface area contributed by atoms with E-state index >= 15 is 0 Å². The molecule has 1 N–H and O–H groups in total. The predicted molar refractivity (Wildman–Crippen MR) is 118 cm³/mol. The van der Waals surface area contributed by atoms with Crippen molar-refractivity contribution in [1.82, 2.24) is 4.90 Å². The van der Waals surface area contributed by atoms with E-state index in [2.05, 4.69) is 40.5 Å². The summed E-state index contributed by atoms with van der Waals surface area (Å²) in [4.78, 5) is 16.8. The van der Waals surface area contributed by atoms with Crippen molar-refractivity contribution < 1.29 is 13.9 Å². The molecular formula is C24H26N2O3S. The van der Waals surface area contributed by atoms with Gasteiger partial charge in [0.2, 0.25) is 0 Å². The molecule has 5 nitrogen and oxygen atoms in total. The van der Waals surface area contributed by atoms with Gasteiger partial charge in [-0.15, -0.1) is 11.3 Å². The molecule has 1 aliphatic heterocycles. The van der Waals surface area contributed by atoms with E-state index < -0.39 is 0 Å². The SMILES string of the molecule is O=C(Nc1sc2c(c1C(c1ccccc1)N1CCOCC1)CCCC2)c1ccco1. The lowest BCUT2D eigenvalue weighted by Crippen LogP contribution is -2.40. The summed E-state index contributed by atoms with van der Waals surface area (Å²) in [6.07, 6.45) is 6.12. The summed E-state index contributed by atoms with van der Waals surface area (Å²) in [5.41, 5.74) is 3.96. The van der Waals surface area contributed by atoms with E-state index in [4.69, 9.17) is 9.15 Å². The molecule has 1 unspecified atom stereocenters. The fourth-order valence-electron chi connectivity index (χ4n) is 4.58. The maximum absolute atomic E-state index is 12.8. The Labute approximate surface area is 180 Å². The van der Waals surface area contributed by atoms with Crippen molar-refractivity contribution in [2.24, 2.45) is 0 Å². The summed E-state index contributed by atoms with van der Waals surface area (Å²) in [5, 5.41) is 4.15. The average molecular weight is 423 g/mol. The van der Waals surface area contributed by atoms with Crippen molar-refractivity contribution >= 4 is 22.2 Å². The van der Waals surface area contributed by atoms with Gasteiger partial charge in [-0.05, 0) is 48.9 Å². The van der Waals surface area contributed by atoms with Crippen LogP contribution < -0.4 is 5.32 Å². The van der Waals surface area contributed by atoms with Crippen molar-refractivity contribution in [1.29, 1.82) is 0 Å². The van der Waals surface area contributed by atoms with Gasteiger partial charge in [0.15, 0.2) is 5.76 Å². The third-order valence-electron chi connectivity index (χ3n) is 5.98. The first kappa shape index (κ1) is 19.5. The first-order valence-corrected chi connectivity index (χ1v) is 11.5. The molecule has 6 heteroatoms. The Kier molecular flexibility index (Phi) is 5.71. The summed E-state index contributed by atoms with van der Waals surface area (Å²) >= 11 is 1.74. The van der Waals surface area contributed by atoms with Gasteiger partial charge in [0.05, 0.1) is 25.5 Å². The number of benzene rings is 1. The smallest absolute Gasteiger partial charge is 0.291 e. The minimum atomic E-state index is -0.186. The minimum absolute atomic E-state index is 0.111. The summed E-state index contributed by atoms with van der Waals surface area (Å²) in [7, 11) is 0. The maximum atomic E-state index is 12.8. The molecule has 1 atom stereocenters. The quantitative estimate of drug-likeness (QED) is 0.636. The van der Waals surface area contributed by atoms with E-state index in [9.17, 15) is 4.79 Å². The predicted octanol–water partition coefficient (Wildman–Crippen LogP) is 4.89. The number of ether oxygens (including phenoxy) is 1. The number of carbonyl (C=O) groups is 1. The first-order valence-electron chi connectivity index (χ1n) is 10.7. The molecular weight excluding hydrogens is 396 g/mol. The van der Waals surface area contributed by atoms with Crippen LogP contribution in [0.25, 0.3) is 0 Å². The molecule has 3 heterocycles. The number of fused-ring (bicyclic) bond motifs is 1. The number of amides is 1. The lowest BCUT2D eigenvalue weighted by Gasteiger charge is -2.36. The second kappa shape index (κ2) is 8.76. The van der Waals surface area contributed by atoms with Crippen LogP contribution in [0.5, 0.6) is 0 Å². The van der Waals surface area contributed by atoms with Gasteiger partial charge in [0.25, 0.3) is 5.91 Å². The Balaban J connectivity index is 1.60. The number of furan rings is 1. The van der Waals surface area contributed by atoms with E-state index in [1.165, 1.54) is 40.7 Å². The zero-order chi connectivity index (χ0) is 20.3. The molecule has 156 valence electrons. The van der Waals surface area contributed by atoms with E-state index in [1.54, 1.807) is 23.5 Å². The number of nitrogens with one attached hydrogen (secondary N) is 1. The largest absolute Gasteiger partial charge is 0.459 e. The van der Waals surface area contributed by atoms with Crippen molar-refractivity contribution in [3.05, 3.63) is 76.1 Å². The van der Waals surface area contributed by atoms with Crippen LogP contribution in [0.3, 0.4) is 0 Å². The number of hydrogen-bond donors (Lipinski definition) is 1. The fourth-order valence-corrected chi connectivity index (χ4v) is 5.89. The molecule has 0 saturated carbocycles. The molecule has 30 heavy (non-hydrogen) atoms. The molecule has 0 spiro atoms. The number of rotatable bonds is 5. The zero-order valence-corrected chi connectivity index (χ0v) is 17.7. The third-order valence-corrected chi connectivity index (χ3v) is 7.21. The standard InChI is InChI=1S/C24H26N2O3S/c27-23(19-10-6-14-29-19)25-24-21(18-9-4-5-11-20(18)30-24)22(17-7-2-1-3-8-17)26-12-15-28-16-13-26/h1-3,6-8,10,14,22H,4-5,9,11-13,15-16H2,(H,25,27). The summed E-state index contributed by atoms with van der Waals surface area (Å²) in [6.45, 7) is 3.25. The van der Waals surface area contributed by atoms with Gasteiger partial charge < -0.3 is 14.5 Å². The molecule has 5 rings (SSSR count). The molecule has 1 saturated heterocycles. The van der Waals surface area contributed by atoms with Crippen LogP contribution in [0.2, 0.25) is 0 Å². The minimum Gasteiger partial charge on any atom is -0.459 e. The average Bonchev–Trinajstić information content (AvgIpc) is 3.45. The monoisotopic (exact) mass is 422 g/mol. The number of carbonyl (C=O) groups excluding carboxylic acids is 1. The molecule has 1 aromatic carbocycles. The number of nitrogens with zero attached hydrogens (tertiary/aromatic N) is 1. The number of morpholine rings is 1. The summed E-state index contributed by atoms with van der Waals surface area (Å²) in [5.74, 6) is 0.156. The van der Waals surface area contributed by atoms with Gasteiger partial charge in [0.1, 0.15) is 5.00 Å². The van der Waals surface area contributed by atoms with Crippen LogP contribution in [-0.4, -0.2) is 37.1 Å². The molecule has 1 fully saturated rings. The van der Waals surface area contributed by atoms with Crippen molar-refractivity contribution in [2.75, 3.05) is 31.6 Å². The van der Waals surface area contributed by atoms with Crippen LogP contribution in [-0.2, 0) is 17.6 Å². The lowest BCUT2D eigenvalue weighted by atomic mass is 9.88. The van der Waals surface area contributed by atoms with Gasteiger partial charge in [0, 0.05) is 23.5 Å². The van der Waals surface area contributed by atoms with Gasteiger partial charge in [-0.3, -0.25) is 9.69 Å². The molecule has 0 radical (unpaired) electrons. The summed E-state index contributed by atoms with van der Waals surface area (Å²) < 4.78 is 11.0. The molecule has 2 aliphatic rings. The highest BCUT2D eigenvalue weighted by Gasteiger charge is 2.33. The highest BCUT2D eigenvalue weighted by molar-refractivity contribution is 7.16. The number of thiophene rings is 1. The van der Waals surface area contributed by atoms with E-state index in [0.717, 1.165) is 44.1 Å². The Morgan fingerprint density at radius 2 is 1.83 bits per heavy atom. The Bertz CT molecular complexity index is 991. The molecule has 1 aliphatic carbocycles. The fraction of sp³-hybridized carbons (Fsp3) is 0.375. The Hall–Kier alpha value is -2.41. The molecule has 1 amide bonds. The summed E-state index contributed by atoms with van der Waals surface area (Å²) in [6, 6.07) is 14.2. The lowest BCUT2D eigenvalue weighted by molar-refractivity contribution is 0.0239. The second-order valence-electron chi connectivity index (χ2n) is 7.85. The molecule has 3 aromatic rings. The number of hydrogen-bond acceptors (Lipinski definition) is 5. The van der Waals surface area contributed by atoms with Crippen LogP contribution in [0, 0.1) is 0 Å². The second-order valence-corrected chi connectivity index (χ2v) is 8.95. The van der Waals surface area contributed by atoms with Gasteiger partial charge >= 0.3 is 0 Å². The van der Waals surface area contributed by atoms with Crippen LogP contribution >= 0.6 is 11.3 Å². The van der Waals surface area contributed by atoms with Crippen LogP contribution in [0.4, 0.5) is 5.00 Å². The Morgan fingerprint density at radius 1 is 1.03 bits per heavy atom. The zero-order valence-electron chi connectivity index (χ0n) is 16.9. The molecule has 0 bridgehead atoms. The van der Waals surface area contributed by atoms with Crippen molar-refractivity contribution in [2.45, 2.75) is 31.7 Å². The van der Waals surface area contributed by atoms with E-state index in [0.29, 0.717) is 5.76 Å².